The Bertz CT molecular complexity index is 462. The first-order chi connectivity index (χ1) is 9.54. The third kappa shape index (κ3) is 3.82. The average Bonchev–Trinajstić information content (AvgIpc) is 2.40. The first kappa shape index (κ1) is 16.2. The van der Waals surface area contributed by atoms with Crippen LogP contribution in [0, 0.1) is 5.82 Å². The summed E-state index contributed by atoms with van der Waals surface area (Å²) in [6, 6.07) is 2.25. The van der Waals surface area contributed by atoms with Gasteiger partial charge in [-0.1, -0.05) is 0 Å². The van der Waals surface area contributed by atoms with E-state index in [2.05, 4.69) is 0 Å². The van der Waals surface area contributed by atoms with Crippen LogP contribution in [0.1, 0.15) is 18.6 Å². The van der Waals surface area contributed by atoms with E-state index in [0.717, 1.165) is 6.07 Å². The van der Waals surface area contributed by atoms with E-state index >= 15 is 0 Å². The minimum atomic E-state index is -1.43. The molecule has 20 heavy (non-hydrogen) atoms. The van der Waals surface area contributed by atoms with Gasteiger partial charge in [-0.25, -0.2) is 9.18 Å². The Balaban J connectivity index is 3.20. The number of hydrogen-bond acceptors (Lipinski definition) is 5. The van der Waals surface area contributed by atoms with E-state index in [1.54, 1.807) is 6.92 Å². The van der Waals surface area contributed by atoms with Crippen LogP contribution in [0.3, 0.4) is 0 Å². The molecule has 0 spiro atoms. The number of rotatable bonds is 8. The van der Waals surface area contributed by atoms with Gasteiger partial charge < -0.3 is 24.4 Å². The molecule has 0 aliphatic carbocycles. The molecule has 1 rings (SSSR count). The fraction of sp³-hybridized carbons (Fsp3) is 0.462. The third-order valence-electron chi connectivity index (χ3n) is 2.45. The Morgan fingerprint density at radius 1 is 1.35 bits per heavy atom. The Kier molecular flexibility index (Phi) is 6.20. The van der Waals surface area contributed by atoms with Crippen molar-refractivity contribution in [2.24, 2.45) is 0 Å². The highest BCUT2D eigenvalue weighted by molar-refractivity contribution is 5.75. The highest BCUT2D eigenvalue weighted by atomic mass is 19.1. The van der Waals surface area contributed by atoms with Gasteiger partial charge in [-0.05, 0) is 13.0 Å². The molecule has 1 aromatic carbocycles. The molecule has 0 bridgehead atoms. The van der Waals surface area contributed by atoms with Crippen molar-refractivity contribution in [1.82, 2.24) is 0 Å². The summed E-state index contributed by atoms with van der Waals surface area (Å²) in [4.78, 5) is 11.0. The summed E-state index contributed by atoms with van der Waals surface area (Å²) in [6.07, 6.45) is -1.43. The minimum absolute atomic E-state index is 0.0223. The number of aliphatic hydroxyl groups is 1. The lowest BCUT2D eigenvalue weighted by atomic mass is 10.1. The summed E-state index contributed by atoms with van der Waals surface area (Å²) in [6.45, 7) is 1.77. The lowest BCUT2D eigenvalue weighted by Gasteiger charge is -2.16. The second-order valence-corrected chi connectivity index (χ2v) is 3.78. The number of methoxy groups -OCH3 is 1. The van der Waals surface area contributed by atoms with Crippen LogP contribution in [-0.4, -0.2) is 43.1 Å². The molecule has 112 valence electrons. The SMILES string of the molecule is CCOc1cc(C(OC)C(=O)O)c(F)cc1OCCO. The molecule has 1 unspecified atom stereocenters. The fourth-order valence-corrected chi connectivity index (χ4v) is 1.65. The van der Waals surface area contributed by atoms with E-state index < -0.39 is 17.9 Å². The first-order valence-electron chi connectivity index (χ1n) is 6.00. The topological polar surface area (TPSA) is 85.2 Å². The van der Waals surface area contributed by atoms with Crippen LogP contribution >= 0.6 is 0 Å². The molecule has 0 heterocycles. The predicted octanol–water partition coefficient (Wildman–Crippen LogP) is 1.37. The number of carboxylic acid groups (broad SMARTS) is 1. The quantitative estimate of drug-likeness (QED) is 0.751. The Morgan fingerprint density at radius 3 is 2.50 bits per heavy atom. The summed E-state index contributed by atoms with van der Waals surface area (Å²) >= 11 is 0. The van der Waals surface area contributed by atoms with Crippen LogP contribution in [0.5, 0.6) is 11.5 Å². The Morgan fingerprint density at radius 2 is 2.00 bits per heavy atom. The van der Waals surface area contributed by atoms with Gasteiger partial charge in [-0.15, -0.1) is 0 Å². The molecule has 0 aromatic heterocycles. The van der Waals surface area contributed by atoms with Gasteiger partial charge in [0.2, 0.25) is 0 Å². The van der Waals surface area contributed by atoms with Crippen LogP contribution in [0.4, 0.5) is 4.39 Å². The zero-order valence-electron chi connectivity index (χ0n) is 11.3. The standard InChI is InChI=1S/C13H17FO6/c1-3-19-10-6-8(12(18-2)13(16)17)9(14)7-11(10)20-5-4-15/h6-7,12,15H,3-5H2,1-2H3,(H,16,17). The zero-order chi connectivity index (χ0) is 15.1. The maximum Gasteiger partial charge on any atom is 0.337 e. The van der Waals surface area contributed by atoms with Crippen LogP contribution in [-0.2, 0) is 9.53 Å². The van der Waals surface area contributed by atoms with Gasteiger partial charge >= 0.3 is 5.97 Å². The van der Waals surface area contributed by atoms with E-state index in [1.807, 2.05) is 0 Å². The summed E-state index contributed by atoms with van der Waals surface area (Å²) in [5.41, 5.74) is -0.153. The van der Waals surface area contributed by atoms with Crippen LogP contribution in [0.15, 0.2) is 12.1 Å². The molecular formula is C13H17FO6. The van der Waals surface area contributed by atoms with Crippen LogP contribution < -0.4 is 9.47 Å². The summed E-state index contributed by atoms with van der Waals surface area (Å²) < 4.78 is 29.1. The number of aliphatic hydroxyl groups excluding tert-OH is 1. The van der Waals surface area contributed by atoms with E-state index in [-0.39, 0.29) is 30.3 Å². The third-order valence-corrected chi connectivity index (χ3v) is 2.45. The molecule has 0 aliphatic heterocycles. The molecule has 2 N–H and O–H groups in total. The van der Waals surface area contributed by atoms with Gasteiger partial charge in [0.1, 0.15) is 12.4 Å². The van der Waals surface area contributed by atoms with Crippen LogP contribution in [0.25, 0.3) is 0 Å². The molecular weight excluding hydrogens is 271 g/mol. The molecule has 1 aromatic rings. The predicted molar refractivity (Wildman–Crippen MR) is 67.5 cm³/mol. The van der Waals surface area contributed by atoms with Crippen molar-refractivity contribution in [2.45, 2.75) is 13.0 Å². The molecule has 7 heteroatoms. The Hall–Kier alpha value is -1.86. The molecule has 0 radical (unpaired) electrons. The lowest BCUT2D eigenvalue weighted by molar-refractivity contribution is -0.149. The van der Waals surface area contributed by atoms with Gasteiger partial charge in [0.25, 0.3) is 0 Å². The smallest absolute Gasteiger partial charge is 0.337 e. The van der Waals surface area contributed by atoms with Gasteiger partial charge in [0, 0.05) is 18.7 Å². The highest BCUT2D eigenvalue weighted by Crippen LogP contribution is 2.34. The summed E-state index contributed by atoms with van der Waals surface area (Å²) in [5.74, 6) is -1.79. The van der Waals surface area contributed by atoms with Gasteiger partial charge in [-0.2, -0.15) is 0 Å². The highest BCUT2D eigenvalue weighted by Gasteiger charge is 2.25. The normalized spacial score (nSPS) is 12.0. The molecule has 0 saturated heterocycles. The van der Waals surface area contributed by atoms with Crippen molar-refractivity contribution >= 4 is 5.97 Å². The molecule has 0 aliphatic rings. The number of ether oxygens (including phenoxy) is 3. The average molecular weight is 288 g/mol. The van der Waals surface area contributed by atoms with Crippen molar-refractivity contribution in [3.05, 3.63) is 23.5 Å². The van der Waals surface area contributed by atoms with Crippen LogP contribution in [0.2, 0.25) is 0 Å². The van der Waals surface area contributed by atoms with Crippen molar-refractivity contribution in [2.75, 3.05) is 26.9 Å². The first-order valence-corrected chi connectivity index (χ1v) is 6.00. The van der Waals surface area contributed by atoms with E-state index in [4.69, 9.17) is 24.4 Å². The fourth-order valence-electron chi connectivity index (χ4n) is 1.65. The largest absolute Gasteiger partial charge is 0.490 e. The molecule has 0 saturated carbocycles. The molecule has 0 fully saturated rings. The van der Waals surface area contributed by atoms with Crippen molar-refractivity contribution < 1.29 is 33.6 Å². The van der Waals surface area contributed by atoms with Crippen molar-refractivity contribution in [3.63, 3.8) is 0 Å². The number of carbonyl (C=O) groups is 1. The van der Waals surface area contributed by atoms with Crippen molar-refractivity contribution in [3.8, 4) is 11.5 Å². The molecule has 1 atom stereocenters. The van der Waals surface area contributed by atoms with Gasteiger partial charge in [0.15, 0.2) is 17.6 Å². The van der Waals surface area contributed by atoms with Gasteiger partial charge in [-0.3, -0.25) is 0 Å². The number of carboxylic acids is 1. The van der Waals surface area contributed by atoms with E-state index in [9.17, 15) is 9.18 Å². The number of hydrogen-bond donors (Lipinski definition) is 2. The van der Waals surface area contributed by atoms with E-state index in [1.165, 1.54) is 13.2 Å². The molecule has 6 nitrogen and oxygen atoms in total. The lowest BCUT2D eigenvalue weighted by Crippen LogP contribution is -2.16. The number of aliphatic carboxylic acids is 1. The molecule has 0 amide bonds. The maximum atomic E-state index is 14.0. The Labute approximate surface area is 115 Å². The monoisotopic (exact) mass is 288 g/mol. The summed E-state index contributed by atoms with van der Waals surface area (Å²) in [5, 5.41) is 17.7. The number of benzene rings is 1. The number of halogens is 1. The zero-order valence-corrected chi connectivity index (χ0v) is 11.3. The second kappa shape index (κ2) is 7.66. The second-order valence-electron chi connectivity index (χ2n) is 3.78. The van der Waals surface area contributed by atoms with Gasteiger partial charge in [0.05, 0.1) is 13.2 Å². The van der Waals surface area contributed by atoms with Crippen molar-refractivity contribution in [1.29, 1.82) is 0 Å². The minimum Gasteiger partial charge on any atom is -0.490 e. The summed E-state index contributed by atoms with van der Waals surface area (Å²) in [7, 11) is 1.18. The maximum absolute atomic E-state index is 14.0. The van der Waals surface area contributed by atoms with E-state index in [0.29, 0.717) is 6.61 Å².